The second-order valence-corrected chi connectivity index (χ2v) is 6.89. The van der Waals surface area contributed by atoms with Gasteiger partial charge in [-0.25, -0.2) is 0 Å². The normalized spacial score (nSPS) is 28.3. The van der Waals surface area contributed by atoms with E-state index in [2.05, 4.69) is 12.2 Å². The first-order chi connectivity index (χ1) is 11.1. The van der Waals surface area contributed by atoms with Gasteiger partial charge in [-0.15, -0.1) is 0 Å². The van der Waals surface area contributed by atoms with E-state index in [0.717, 1.165) is 18.4 Å². The van der Waals surface area contributed by atoms with Crippen molar-refractivity contribution < 1.29 is 15.0 Å². The van der Waals surface area contributed by atoms with Gasteiger partial charge in [0.05, 0.1) is 12.7 Å². The molecular formula is C19H25NO3. The van der Waals surface area contributed by atoms with Crippen LogP contribution >= 0.6 is 0 Å². The number of amides is 1. The maximum absolute atomic E-state index is 12.7. The second kappa shape index (κ2) is 6.85. The Morgan fingerprint density at radius 2 is 1.91 bits per heavy atom. The van der Waals surface area contributed by atoms with E-state index in [1.165, 1.54) is 0 Å². The Balaban J connectivity index is 1.76. The molecule has 1 aromatic rings. The van der Waals surface area contributed by atoms with Crippen LogP contribution in [0.15, 0.2) is 42.5 Å². The van der Waals surface area contributed by atoms with E-state index in [4.69, 9.17) is 0 Å². The summed E-state index contributed by atoms with van der Waals surface area (Å²) in [5.74, 6) is 0.200. The number of aliphatic hydroxyl groups is 2. The summed E-state index contributed by atoms with van der Waals surface area (Å²) in [4.78, 5) is 14.5. The zero-order chi connectivity index (χ0) is 16.3. The smallest absolute Gasteiger partial charge is 0.226 e. The third-order valence-electron chi connectivity index (χ3n) is 5.27. The monoisotopic (exact) mass is 315 g/mol. The molecule has 0 aromatic heterocycles. The van der Waals surface area contributed by atoms with Gasteiger partial charge in [-0.1, -0.05) is 42.5 Å². The molecule has 3 rings (SSSR count). The Morgan fingerprint density at radius 3 is 2.57 bits per heavy atom. The van der Waals surface area contributed by atoms with Crippen molar-refractivity contribution in [2.45, 2.75) is 31.8 Å². The Morgan fingerprint density at radius 1 is 1.22 bits per heavy atom. The molecule has 23 heavy (non-hydrogen) atoms. The van der Waals surface area contributed by atoms with E-state index < -0.39 is 11.5 Å². The van der Waals surface area contributed by atoms with Crippen molar-refractivity contribution in [3.05, 3.63) is 48.0 Å². The molecule has 4 nitrogen and oxygen atoms in total. The zero-order valence-corrected chi connectivity index (χ0v) is 13.4. The summed E-state index contributed by atoms with van der Waals surface area (Å²) in [6.07, 6.45) is 6.26. The fraction of sp³-hybridized carbons (Fsp3) is 0.526. The molecular weight excluding hydrogens is 290 g/mol. The summed E-state index contributed by atoms with van der Waals surface area (Å²) >= 11 is 0. The quantitative estimate of drug-likeness (QED) is 0.833. The molecule has 0 radical (unpaired) electrons. The number of allylic oxidation sites excluding steroid dienone is 2. The lowest BCUT2D eigenvalue weighted by Gasteiger charge is -2.46. The first-order valence-corrected chi connectivity index (χ1v) is 8.41. The van der Waals surface area contributed by atoms with E-state index in [9.17, 15) is 15.0 Å². The lowest BCUT2D eigenvalue weighted by atomic mass is 9.73. The highest BCUT2D eigenvalue weighted by Gasteiger charge is 2.44. The van der Waals surface area contributed by atoms with Crippen molar-refractivity contribution in [3.63, 3.8) is 0 Å². The molecule has 1 saturated heterocycles. The molecule has 1 fully saturated rings. The van der Waals surface area contributed by atoms with Crippen molar-refractivity contribution in [1.82, 2.24) is 4.90 Å². The number of aliphatic hydroxyl groups excluding tert-OH is 2. The largest absolute Gasteiger partial charge is 0.396 e. The Hall–Kier alpha value is -1.65. The van der Waals surface area contributed by atoms with E-state index in [-0.39, 0.29) is 18.4 Å². The van der Waals surface area contributed by atoms with Gasteiger partial charge < -0.3 is 15.1 Å². The molecule has 0 spiro atoms. The van der Waals surface area contributed by atoms with Gasteiger partial charge in [-0.05, 0) is 31.2 Å². The lowest BCUT2D eigenvalue weighted by molar-refractivity contribution is -0.145. The van der Waals surface area contributed by atoms with E-state index in [1.807, 2.05) is 35.2 Å². The number of hydrogen-bond acceptors (Lipinski definition) is 3. The minimum absolute atomic E-state index is 0.0401. The molecule has 0 bridgehead atoms. The number of nitrogens with zero attached hydrogens (tertiary/aromatic N) is 1. The van der Waals surface area contributed by atoms with Gasteiger partial charge in [0.2, 0.25) is 5.91 Å². The maximum Gasteiger partial charge on any atom is 0.226 e. The summed E-state index contributed by atoms with van der Waals surface area (Å²) in [6.45, 7) is 0.887. The number of piperidine rings is 1. The van der Waals surface area contributed by atoms with Gasteiger partial charge in [0, 0.05) is 24.4 Å². The van der Waals surface area contributed by atoms with Crippen LogP contribution in [0.1, 0.15) is 24.8 Å². The van der Waals surface area contributed by atoms with E-state index in [0.29, 0.717) is 25.9 Å². The highest BCUT2D eigenvalue weighted by atomic mass is 16.3. The number of likely N-dealkylation sites (tertiary alicyclic amines) is 1. The van der Waals surface area contributed by atoms with Crippen LogP contribution < -0.4 is 0 Å². The Kier molecular flexibility index (Phi) is 4.83. The molecule has 1 heterocycles. The Bertz CT molecular complexity index is 563. The number of benzene rings is 1. The minimum Gasteiger partial charge on any atom is -0.396 e. The van der Waals surface area contributed by atoms with Crippen LogP contribution in [0.2, 0.25) is 0 Å². The Labute approximate surface area is 137 Å². The SMILES string of the molecule is O=C(C1CC=CC1)N1CCC(O)[C@](CO)(Cc2ccccc2)C1. The average molecular weight is 315 g/mol. The van der Waals surface area contributed by atoms with E-state index >= 15 is 0 Å². The molecule has 1 aliphatic heterocycles. The van der Waals surface area contributed by atoms with Crippen molar-refractivity contribution in [2.24, 2.45) is 11.3 Å². The standard InChI is InChI=1S/C19H25NO3/c21-14-19(12-15-6-2-1-3-7-15)13-20(11-10-17(19)22)18(23)16-8-4-5-9-16/h1-7,16-17,21-22H,8-14H2/t17?,19-/m1/s1. The number of rotatable bonds is 4. The number of carbonyl (C=O) groups excluding carboxylic acids is 1. The fourth-order valence-corrected chi connectivity index (χ4v) is 3.80. The third kappa shape index (κ3) is 3.33. The zero-order valence-electron chi connectivity index (χ0n) is 13.4. The van der Waals surface area contributed by atoms with Crippen LogP contribution in [0.25, 0.3) is 0 Å². The highest BCUT2D eigenvalue weighted by Crippen LogP contribution is 2.35. The van der Waals surface area contributed by atoms with Crippen LogP contribution in [0.5, 0.6) is 0 Å². The molecule has 0 saturated carbocycles. The van der Waals surface area contributed by atoms with Gasteiger partial charge in [0.25, 0.3) is 0 Å². The van der Waals surface area contributed by atoms with Crippen LogP contribution in [0.4, 0.5) is 0 Å². The lowest BCUT2D eigenvalue weighted by Crippen LogP contribution is -2.57. The first kappa shape index (κ1) is 16.2. The van der Waals surface area contributed by atoms with Gasteiger partial charge in [-0.2, -0.15) is 0 Å². The fourth-order valence-electron chi connectivity index (χ4n) is 3.80. The molecule has 1 aliphatic carbocycles. The van der Waals surface area contributed by atoms with E-state index in [1.54, 1.807) is 0 Å². The maximum atomic E-state index is 12.7. The third-order valence-corrected chi connectivity index (χ3v) is 5.27. The van der Waals surface area contributed by atoms with Gasteiger partial charge in [0.15, 0.2) is 0 Å². The predicted octanol–water partition coefficient (Wildman–Crippen LogP) is 1.77. The summed E-state index contributed by atoms with van der Waals surface area (Å²) in [5.41, 5.74) is 0.416. The molecule has 2 aliphatic rings. The average Bonchev–Trinajstić information content (AvgIpc) is 3.12. The van der Waals surface area contributed by atoms with Crippen molar-refractivity contribution in [3.8, 4) is 0 Å². The van der Waals surface area contributed by atoms with Crippen molar-refractivity contribution >= 4 is 5.91 Å². The summed E-state index contributed by atoms with van der Waals surface area (Å²) in [7, 11) is 0. The van der Waals surface area contributed by atoms with Crippen LogP contribution in [0, 0.1) is 11.3 Å². The molecule has 2 atom stereocenters. The van der Waals surface area contributed by atoms with Gasteiger partial charge in [-0.3, -0.25) is 4.79 Å². The molecule has 1 amide bonds. The van der Waals surface area contributed by atoms with Crippen LogP contribution in [-0.4, -0.2) is 46.8 Å². The van der Waals surface area contributed by atoms with Gasteiger partial charge >= 0.3 is 0 Å². The van der Waals surface area contributed by atoms with Crippen LogP contribution in [-0.2, 0) is 11.2 Å². The molecule has 2 N–H and O–H groups in total. The first-order valence-electron chi connectivity index (χ1n) is 8.41. The summed E-state index contributed by atoms with van der Waals surface area (Å²) in [5, 5.41) is 20.6. The van der Waals surface area contributed by atoms with Gasteiger partial charge in [0.1, 0.15) is 0 Å². The topological polar surface area (TPSA) is 60.8 Å². The van der Waals surface area contributed by atoms with Crippen molar-refractivity contribution in [2.75, 3.05) is 19.7 Å². The minimum atomic E-state index is -0.665. The second-order valence-electron chi connectivity index (χ2n) is 6.89. The molecule has 124 valence electrons. The molecule has 1 unspecified atom stereocenters. The summed E-state index contributed by atoms with van der Waals surface area (Å²) in [6, 6.07) is 9.89. The molecule has 1 aromatic carbocycles. The number of carbonyl (C=O) groups is 1. The number of hydrogen-bond donors (Lipinski definition) is 2. The predicted molar refractivity (Wildman–Crippen MR) is 88.7 cm³/mol. The molecule has 4 heteroatoms. The van der Waals surface area contributed by atoms with Crippen molar-refractivity contribution in [1.29, 1.82) is 0 Å². The summed E-state index contributed by atoms with van der Waals surface area (Å²) < 4.78 is 0. The van der Waals surface area contributed by atoms with Crippen LogP contribution in [0.3, 0.4) is 0 Å². The highest BCUT2D eigenvalue weighted by molar-refractivity contribution is 5.79.